The van der Waals surface area contributed by atoms with Crippen LogP contribution >= 0.6 is 0 Å². The third-order valence-electron chi connectivity index (χ3n) is 3.11. The molecule has 2 aromatic rings. The van der Waals surface area contributed by atoms with Crippen molar-refractivity contribution in [2.75, 3.05) is 7.11 Å². The van der Waals surface area contributed by atoms with E-state index in [2.05, 4.69) is 10.3 Å². The smallest absolute Gasteiger partial charge is 0.159 e. The number of benzene rings is 1. The zero-order valence-corrected chi connectivity index (χ0v) is 9.74. The van der Waals surface area contributed by atoms with Crippen molar-refractivity contribution in [3.63, 3.8) is 0 Å². The summed E-state index contributed by atoms with van der Waals surface area (Å²) in [4.78, 5) is 0. The number of ether oxygens (including phenoxy) is 2. The topological polar surface area (TPSA) is 49.2 Å². The monoisotopic (exact) mass is 233 g/mol. The molecule has 1 aromatic carbocycles. The lowest BCUT2D eigenvalue weighted by molar-refractivity contribution is -0.204. The Kier molecular flexibility index (Phi) is 2.78. The van der Waals surface area contributed by atoms with E-state index in [9.17, 15) is 0 Å². The van der Waals surface area contributed by atoms with Crippen LogP contribution in [0.5, 0.6) is 0 Å². The van der Waals surface area contributed by atoms with E-state index in [0.717, 1.165) is 30.3 Å². The van der Waals surface area contributed by atoms with E-state index in [-0.39, 0.29) is 12.5 Å². The van der Waals surface area contributed by atoms with Gasteiger partial charge in [-0.05, 0) is 31.4 Å². The van der Waals surface area contributed by atoms with Gasteiger partial charge in [-0.1, -0.05) is 17.3 Å². The molecule has 17 heavy (non-hydrogen) atoms. The standard InChI is InChI=1S/C12H15N3O2/c1-16-12-8-4-7-11(17-12)15-10-6-3-2-5-9(10)13-14-15/h2-3,5-6,11-12H,4,7-8H2,1H3/t11-,12-/m0/s1. The molecule has 1 fully saturated rings. The summed E-state index contributed by atoms with van der Waals surface area (Å²) in [5.41, 5.74) is 1.91. The Balaban J connectivity index is 1.92. The minimum Gasteiger partial charge on any atom is -0.356 e. The summed E-state index contributed by atoms with van der Waals surface area (Å²) in [6, 6.07) is 7.91. The Bertz CT molecular complexity index is 511. The summed E-state index contributed by atoms with van der Waals surface area (Å²) in [5, 5.41) is 8.31. The fraction of sp³-hybridized carbons (Fsp3) is 0.500. The second-order valence-electron chi connectivity index (χ2n) is 4.21. The van der Waals surface area contributed by atoms with Crippen molar-refractivity contribution in [2.45, 2.75) is 31.8 Å². The molecular formula is C12H15N3O2. The second-order valence-corrected chi connectivity index (χ2v) is 4.21. The van der Waals surface area contributed by atoms with Crippen molar-refractivity contribution in [2.24, 2.45) is 0 Å². The Morgan fingerprint density at radius 2 is 2.24 bits per heavy atom. The number of aromatic nitrogens is 3. The van der Waals surface area contributed by atoms with Gasteiger partial charge in [-0.2, -0.15) is 0 Å². The van der Waals surface area contributed by atoms with Crippen LogP contribution in [0.25, 0.3) is 11.0 Å². The Labute approximate surface area is 99.3 Å². The first-order valence-electron chi connectivity index (χ1n) is 5.86. The molecule has 5 nitrogen and oxygen atoms in total. The largest absolute Gasteiger partial charge is 0.356 e. The first-order chi connectivity index (χ1) is 8.38. The van der Waals surface area contributed by atoms with Crippen molar-refractivity contribution < 1.29 is 9.47 Å². The first-order valence-corrected chi connectivity index (χ1v) is 5.86. The molecule has 0 saturated carbocycles. The zero-order chi connectivity index (χ0) is 11.7. The van der Waals surface area contributed by atoms with E-state index in [1.807, 2.05) is 28.9 Å². The molecule has 2 atom stereocenters. The van der Waals surface area contributed by atoms with E-state index in [4.69, 9.17) is 9.47 Å². The summed E-state index contributed by atoms with van der Waals surface area (Å²) in [6.07, 6.45) is 2.78. The van der Waals surface area contributed by atoms with Gasteiger partial charge in [0.15, 0.2) is 12.5 Å². The fourth-order valence-electron chi connectivity index (χ4n) is 2.22. The minimum absolute atomic E-state index is 0.0684. The average Bonchev–Trinajstić information content (AvgIpc) is 2.82. The van der Waals surface area contributed by atoms with Crippen molar-refractivity contribution in [3.05, 3.63) is 24.3 Å². The SMILES string of the molecule is CO[C@@H]1CCC[C@@H](n2nnc3ccccc32)O1. The van der Waals surface area contributed by atoms with Crippen LogP contribution < -0.4 is 0 Å². The van der Waals surface area contributed by atoms with Crippen molar-refractivity contribution in [3.8, 4) is 0 Å². The summed E-state index contributed by atoms with van der Waals surface area (Å²) in [5.74, 6) is 0. The zero-order valence-electron chi connectivity index (χ0n) is 9.74. The molecule has 2 heterocycles. The van der Waals surface area contributed by atoms with E-state index < -0.39 is 0 Å². The molecule has 5 heteroatoms. The Hall–Kier alpha value is -1.46. The van der Waals surface area contributed by atoms with Crippen LogP contribution in [0.3, 0.4) is 0 Å². The predicted molar refractivity (Wildman–Crippen MR) is 62.3 cm³/mol. The van der Waals surface area contributed by atoms with Gasteiger partial charge in [0.2, 0.25) is 0 Å². The van der Waals surface area contributed by atoms with Crippen LogP contribution in [0.4, 0.5) is 0 Å². The van der Waals surface area contributed by atoms with Crippen molar-refractivity contribution in [1.29, 1.82) is 0 Å². The van der Waals surface area contributed by atoms with E-state index >= 15 is 0 Å². The molecule has 1 aromatic heterocycles. The van der Waals surface area contributed by atoms with Gasteiger partial charge in [-0.25, -0.2) is 4.68 Å². The molecule has 0 spiro atoms. The van der Waals surface area contributed by atoms with Gasteiger partial charge in [-0.15, -0.1) is 5.10 Å². The van der Waals surface area contributed by atoms with Crippen LogP contribution in [0.1, 0.15) is 25.5 Å². The van der Waals surface area contributed by atoms with Crippen LogP contribution in [0, 0.1) is 0 Å². The van der Waals surface area contributed by atoms with E-state index in [1.54, 1.807) is 7.11 Å². The van der Waals surface area contributed by atoms with Gasteiger partial charge in [0.25, 0.3) is 0 Å². The molecule has 90 valence electrons. The number of nitrogens with zero attached hydrogens (tertiary/aromatic N) is 3. The Morgan fingerprint density at radius 3 is 3.12 bits per heavy atom. The van der Waals surface area contributed by atoms with Gasteiger partial charge < -0.3 is 9.47 Å². The highest BCUT2D eigenvalue weighted by Gasteiger charge is 2.25. The summed E-state index contributed by atoms with van der Waals surface area (Å²) in [7, 11) is 1.67. The summed E-state index contributed by atoms with van der Waals surface area (Å²) < 4.78 is 12.9. The molecule has 1 saturated heterocycles. The number of fused-ring (bicyclic) bond motifs is 1. The molecule has 1 aliphatic rings. The van der Waals surface area contributed by atoms with E-state index in [1.165, 1.54) is 0 Å². The van der Waals surface area contributed by atoms with Crippen LogP contribution in [0.15, 0.2) is 24.3 Å². The molecular weight excluding hydrogens is 218 g/mol. The van der Waals surface area contributed by atoms with Crippen LogP contribution in [-0.2, 0) is 9.47 Å². The third-order valence-corrected chi connectivity index (χ3v) is 3.11. The maximum Gasteiger partial charge on any atom is 0.159 e. The van der Waals surface area contributed by atoms with E-state index in [0.29, 0.717) is 0 Å². The number of para-hydroxylation sites is 1. The van der Waals surface area contributed by atoms with Gasteiger partial charge in [0.05, 0.1) is 5.52 Å². The normalized spacial score (nSPS) is 25.2. The molecule has 3 rings (SSSR count). The fourth-order valence-corrected chi connectivity index (χ4v) is 2.22. The van der Waals surface area contributed by atoms with Gasteiger partial charge in [-0.3, -0.25) is 0 Å². The number of rotatable bonds is 2. The van der Waals surface area contributed by atoms with Gasteiger partial charge >= 0.3 is 0 Å². The molecule has 1 aliphatic heterocycles. The van der Waals surface area contributed by atoms with Gasteiger partial charge in [0, 0.05) is 7.11 Å². The third kappa shape index (κ3) is 1.92. The lowest BCUT2D eigenvalue weighted by Crippen LogP contribution is -2.27. The summed E-state index contributed by atoms with van der Waals surface area (Å²) in [6.45, 7) is 0. The number of hydrogen-bond acceptors (Lipinski definition) is 4. The predicted octanol–water partition coefficient (Wildman–Crippen LogP) is 2.10. The van der Waals surface area contributed by atoms with Gasteiger partial charge in [0.1, 0.15) is 5.52 Å². The van der Waals surface area contributed by atoms with Crippen LogP contribution in [0.2, 0.25) is 0 Å². The molecule has 0 radical (unpaired) electrons. The molecule has 0 amide bonds. The lowest BCUT2D eigenvalue weighted by Gasteiger charge is -2.28. The van der Waals surface area contributed by atoms with Crippen molar-refractivity contribution in [1.82, 2.24) is 15.0 Å². The molecule has 0 bridgehead atoms. The maximum absolute atomic E-state index is 5.83. The highest BCUT2D eigenvalue weighted by Crippen LogP contribution is 2.28. The average molecular weight is 233 g/mol. The molecule has 0 N–H and O–H groups in total. The minimum atomic E-state index is -0.128. The van der Waals surface area contributed by atoms with Crippen LogP contribution in [-0.4, -0.2) is 28.4 Å². The molecule has 0 unspecified atom stereocenters. The lowest BCUT2D eigenvalue weighted by atomic mass is 10.1. The summed E-state index contributed by atoms with van der Waals surface area (Å²) >= 11 is 0. The second kappa shape index (κ2) is 4.43. The van der Waals surface area contributed by atoms with Crippen molar-refractivity contribution >= 4 is 11.0 Å². The first kappa shape index (κ1) is 10.7. The Morgan fingerprint density at radius 1 is 1.35 bits per heavy atom. The molecule has 0 aliphatic carbocycles. The number of methoxy groups -OCH3 is 1. The maximum atomic E-state index is 5.83. The number of hydrogen-bond donors (Lipinski definition) is 0. The quantitative estimate of drug-likeness (QED) is 0.797. The highest BCUT2D eigenvalue weighted by atomic mass is 16.7. The highest BCUT2D eigenvalue weighted by molar-refractivity contribution is 5.73.